The van der Waals surface area contributed by atoms with Crippen molar-refractivity contribution in [3.8, 4) is 5.75 Å². The topological polar surface area (TPSA) is 56.2 Å². The standard InChI is InChI=1S/C13H10F5N3O2/c1-21-6-9(10(20-21)13(16,17)18)11(22)19-7-3-2-4-8(5-7)23-12(14)15/h2-6,12H,1H3,(H,19,22). The van der Waals surface area contributed by atoms with Crippen molar-refractivity contribution in [1.82, 2.24) is 9.78 Å². The number of nitrogens with zero attached hydrogens (tertiary/aromatic N) is 2. The van der Waals surface area contributed by atoms with Gasteiger partial charge in [-0.25, -0.2) is 0 Å². The fourth-order valence-electron chi connectivity index (χ4n) is 1.81. The fraction of sp³-hybridized carbons (Fsp3) is 0.231. The number of alkyl halides is 5. The molecule has 5 nitrogen and oxygen atoms in total. The molecule has 1 heterocycles. The van der Waals surface area contributed by atoms with Crippen LogP contribution in [0.25, 0.3) is 0 Å². The summed E-state index contributed by atoms with van der Waals surface area (Å²) in [5.41, 5.74) is -2.01. The third-order valence-electron chi connectivity index (χ3n) is 2.66. The number of anilines is 1. The van der Waals surface area contributed by atoms with E-state index in [-0.39, 0.29) is 11.4 Å². The first-order chi connectivity index (χ1) is 10.7. The van der Waals surface area contributed by atoms with Crippen LogP contribution in [-0.4, -0.2) is 22.3 Å². The van der Waals surface area contributed by atoms with Crippen molar-refractivity contribution in [2.45, 2.75) is 12.8 Å². The van der Waals surface area contributed by atoms with Gasteiger partial charge in [0.05, 0.1) is 5.56 Å². The molecule has 0 spiro atoms. The summed E-state index contributed by atoms with van der Waals surface area (Å²) in [6.07, 6.45) is -3.88. The lowest BCUT2D eigenvalue weighted by Crippen LogP contribution is -2.17. The lowest BCUT2D eigenvalue weighted by molar-refractivity contribution is -0.141. The van der Waals surface area contributed by atoms with Gasteiger partial charge < -0.3 is 10.1 Å². The number of benzene rings is 1. The highest BCUT2D eigenvalue weighted by molar-refractivity contribution is 6.05. The molecular formula is C13H10F5N3O2. The van der Waals surface area contributed by atoms with E-state index in [0.717, 1.165) is 16.9 Å². The summed E-state index contributed by atoms with van der Waals surface area (Å²) >= 11 is 0. The Morgan fingerprint density at radius 1 is 1.35 bits per heavy atom. The summed E-state index contributed by atoms with van der Waals surface area (Å²) in [5, 5.41) is 5.39. The van der Waals surface area contributed by atoms with Gasteiger partial charge in [-0.1, -0.05) is 6.07 Å². The zero-order valence-electron chi connectivity index (χ0n) is 11.6. The molecule has 23 heavy (non-hydrogen) atoms. The fourth-order valence-corrected chi connectivity index (χ4v) is 1.81. The number of aryl methyl sites for hydroxylation is 1. The Kier molecular flexibility index (Phi) is 4.52. The van der Waals surface area contributed by atoms with Gasteiger partial charge >= 0.3 is 12.8 Å². The SMILES string of the molecule is Cn1cc(C(=O)Nc2cccc(OC(F)F)c2)c(C(F)(F)F)n1. The minimum absolute atomic E-state index is 0.00475. The highest BCUT2D eigenvalue weighted by atomic mass is 19.4. The van der Waals surface area contributed by atoms with E-state index in [2.05, 4.69) is 15.2 Å². The number of hydrogen-bond acceptors (Lipinski definition) is 3. The molecule has 124 valence electrons. The molecule has 10 heteroatoms. The maximum atomic E-state index is 12.8. The first-order valence-corrected chi connectivity index (χ1v) is 6.14. The summed E-state index contributed by atoms with van der Waals surface area (Å²) in [5.74, 6) is -1.31. The Balaban J connectivity index is 2.23. The first kappa shape index (κ1) is 16.7. The lowest BCUT2D eigenvalue weighted by Gasteiger charge is -2.09. The van der Waals surface area contributed by atoms with Crippen molar-refractivity contribution in [1.29, 1.82) is 0 Å². The molecule has 0 saturated carbocycles. The second kappa shape index (κ2) is 6.23. The van der Waals surface area contributed by atoms with Crippen LogP contribution in [0.2, 0.25) is 0 Å². The van der Waals surface area contributed by atoms with Gasteiger partial charge in [-0.15, -0.1) is 0 Å². The molecule has 1 aromatic heterocycles. The maximum absolute atomic E-state index is 12.8. The molecule has 0 aliphatic carbocycles. The molecule has 0 unspecified atom stereocenters. The van der Waals surface area contributed by atoms with Gasteiger partial charge in [0.1, 0.15) is 5.75 Å². The van der Waals surface area contributed by atoms with Crippen molar-refractivity contribution >= 4 is 11.6 Å². The second-order valence-electron chi connectivity index (χ2n) is 4.42. The monoisotopic (exact) mass is 335 g/mol. The van der Waals surface area contributed by atoms with Gasteiger partial charge in [0.15, 0.2) is 5.69 Å². The Morgan fingerprint density at radius 3 is 2.65 bits per heavy atom. The third-order valence-corrected chi connectivity index (χ3v) is 2.66. The average Bonchev–Trinajstić information content (AvgIpc) is 2.80. The number of halogens is 5. The average molecular weight is 335 g/mol. The van der Waals surface area contributed by atoms with E-state index < -0.39 is 30.0 Å². The van der Waals surface area contributed by atoms with Crippen molar-refractivity contribution < 1.29 is 31.5 Å². The summed E-state index contributed by atoms with van der Waals surface area (Å²) in [7, 11) is 1.24. The summed E-state index contributed by atoms with van der Waals surface area (Å²) in [6.45, 7) is -3.06. The molecule has 0 aliphatic heterocycles. The molecule has 0 fully saturated rings. The van der Waals surface area contributed by atoms with E-state index in [1.54, 1.807) is 0 Å². The number of carbonyl (C=O) groups excluding carboxylic acids is 1. The number of aromatic nitrogens is 2. The summed E-state index contributed by atoms with van der Waals surface area (Å²) in [4.78, 5) is 12.0. The highest BCUT2D eigenvalue weighted by Gasteiger charge is 2.39. The number of nitrogens with one attached hydrogen (secondary N) is 1. The molecule has 1 aromatic carbocycles. The highest BCUT2D eigenvalue weighted by Crippen LogP contribution is 2.31. The van der Waals surface area contributed by atoms with E-state index in [4.69, 9.17) is 0 Å². The molecular weight excluding hydrogens is 325 g/mol. The lowest BCUT2D eigenvalue weighted by atomic mass is 10.2. The van der Waals surface area contributed by atoms with Gasteiger partial charge in [0.25, 0.3) is 5.91 Å². The molecule has 0 atom stereocenters. The zero-order valence-corrected chi connectivity index (χ0v) is 11.6. The van der Waals surface area contributed by atoms with Gasteiger partial charge in [0.2, 0.25) is 0 Å². The number of amides is 1. The normalized spacial score (nSPS) is 11.6. The molecule has 1 amide bonds. The van der Waals surface area contributed by atoms with Gasteiger partial charge in [0, 0.05) is 25.0 Å². The first-order valence-electron chi connectivity index (χ1n) is 6.14. The van der Waals surface area contributed by atoms with Crippen LogP contribution in [-0.2, 0) is 13.2 Å². The van der Waals surface area contributed by atoms with E-state index >= 15 is 0 Å². The zero-order chi connectivity index (χ0) is 17.2. The maximum Gasteiger partial charge on any atom is 0.435 e. The second-order valence-corrected chi connectivity index (χ2v) is 4.42. The van der Waals surface area contributed by atoms with Crippen LogP contribution < -0.4 is 10.1 Å². The van der Waals surface area contributed by atoms with E-state index in [9.17, 15) is 26.7 Å². The third kappa shape index (κ3) is 4.18. The van der Waals surface area contributed by atoms with Crippen LogP contribution in [0.15, 0.2) is 30.5 Å². The van der Waals surface area contributed by atoms with Crippen molar-refractivity contribution in [2.24, 2.45) is 7.05 Å². The van der Waals surface area contributed by atoms with Crippen LogP contribution in [0.5, 0.6) is 5.75 Å². The predicted molar refractivity (Wildman–Crippen MR) is 69.2 cm³/mol. The van der Waals surface area contributed by atoms with Crippen LogP contribution in [0, 0.1) is 0 Å². The Hall–Kier alpha value is -2.65. The molecule has 2 rings (SSSR count). The molecule has 0 aliphatic rings. The molecule has 0 radical (unpaired) electrons. The Morgan fingerprint density at radius 2 is 2.04 bits per heavy atom. The summed E-state index contributed by atoms with van der Waals surface area (Å²) in [6, 6.07) is 4.90. The molecule has 2 aromatic rings. The van der Waals surface area contributed by atoms with Crippen LogP contribution in [0.4, 0.5) is 27.6 Å². The molecule has 0 bridgehead atoms. The minimum Gasteiger partial charge on any atom is -0.435 e. The van der Waals surface area contributed by atoms with Crippen molar-refractivity contribution in [3.63, 3.8) is 0 Å². The predicted octanol–water partition coefficient (Wildman–Crippen LogP) is 3.29. The van der Waals surface area contributed by atoms with E-state index in [1.807, 2.05) is 0 Å². The number of ether oxygens (including phenoxy) is 1. The molecule has 1 N–H and O–H groups in total. The van der Waals surface area contributed by atoms with Crippen molar-refractivity contribution in [3.05, 3.63) is 41.7 Å². The van der Waals surface area contributed by atoms with Crippen LogP contribution >= 0.6 is 0 Å². The van der Waals surface area contributed by atoms with Gasteiger partial charge in [-0.3, -0.25) is 9.48 Å². The van der Waals surface area contributed by atoms with Gasteiger partial charge in [-0.2, -0.15) is 27.1 Å². The van der Waals surface area contributed by atoms with E-state index in [0.29, 0.717) is 0 Å². The Labute approximate surface area is 126 Å². The quantitative estimate of drug-likeness (QED) is 0.873. The van der Waals surface area contributed by atoms with Crippen LogP contribution in [0.3, 0.4) is 0 Å². The smallest absolute Gasteiger partial charge is 0.435 e. The van der Waals surface area contributed by atoms with Crippen LogP contribution in [0.1, 0.15) is 16.1 Å². The van der Waals surface area contributed by atoms with E-state index in [1.165, 1.54) is 25.2 Å². The minimum atomic E-state index is -4.80. The largest absolute Gasteiger partial charge is 0.435 e. The Bertz CT molecular complexity index is 712. The number of hydrogen-bond donors (Lipinski definition) is 1. The number of carbonyl (C=O) groups is 1. The number of rotatable bonds is 4. The van der Waals surface area contributed by atoms with Gasteiger partial charge in [-0.05, 0) is 12.1 Å². The molecule has 0 saturated heterocycles. The van der Waals surface area contributed by atoms with Crippen molar-refractivity contribution in [2.75, 3.05) is 5.32 Å². The summed E-state index contributed by atoms with van der Waals surface area (Å²) < 4.78 is 67.7.